The number of carbonyl (C=O) groups is 1. The molecular formula is C27H24ClN5O3. The van der Waals surface area contributed by atoms with Crippen molar-refractivity contribution in [3.63, 3.8) is 0 Å². The van der Waals surface area contributed by atoms with E-state index in [2.05, 4.69) is 17.2 Å². The van der Waals surface area contributed by atoms with Gasteiger partial charge in [0.25, 0.3) is 0 Å². The number of rotatable bonds is 7. The summed E-state index contributed by atoms with van der Waals surface area (Å²) in [6.07, 6.45) is 0.544. The highest BCUT2D eigenvalue weighted by atomic mass is 35.5. The van der Waals surface area contributed by atoms with E-state index in [1.165, 1.54) is 9.25 Å². The van der Waals surface area contributed by atoms with Gasteiger partial charge in [0, 0.05) is 18.0 Å². The molecule has 5 rings (SSSR count). The Morgan fingerprint density at radius 2 is 1.72 bits per heavy atom. The summed E-state index contributed by atoms with van der Waals surface area (Å²) in [7, 11) is 1.69. The van der Waals surface area contributed by atoms with Gasteiger partial charge in [-0.2, -0.15) is 5.10 Å². The average molecular weight is 502 g/mol. The molecule has 1 aliphatic rings. The second kappa shape index (κ2) is 9.83. The lowest BCUT2D eigenvalue weighted by Gasteiger charge is -2.15. The van der Waals surface area contributed by atoms with Crippen LogP contribution in [-0.4, -0.2) is 37.7 Å². The van der Waals surface area contributed by atoms with Crippen LogP contribution in [0.3, 0.4) is 0 Å². The number of carboxylic acids is 1. The zero-order valence-corrected chi connectivity index (χ0v) is 20.3. The van der Waals surface area contributed by atoms with Gasteiger partial charge >= 0.3 is 11.7 Å². The van der Waals surface area contributed by atoms with Gasteiger partial charge in [-0.05, 0) is 47.4 Å². The van der Waals surface area contributed by atoms with E-state index in [-0.39, 0.29) is 17.2 Å². The van der Waals surface area contributed by atoms with E-state index in [0.29, 0.717) is 30.5 Å². The Morgan fingerprint density at radius 3 is 2.39 bits per heavy atom. The number of nitrogens with zero attached hydrogens (tertiary/aromatic N) is 5. The lowest BCUT2D eigenvalue weighted by molar-refractivity contribution is 0.0697. The van der Waals surface area contributed by atoms with Gasteiger partial charge in [0.15, 0.2) is 0 Å². The van der Waals surface area contributed by atoms with Crippen molar-refractivity contribution in [3.05, 3.63) is 117 Å². The Labute approximate surface area is 212 Å². The molecule has 1 aliphatic heterocycles. The molecule has 1 unspecified atom stereocenters. The van der Waals surface area contributed by atoms with Crippen molar-refractivity contribution in [1.29, 1.82) is 0 Å². The smallest absolute Gasteiger partial charge is 0.347 e. The van der Waals surface area contributed by atoms with E-state index in [1.54, 1.807) is 36.3 Å². The summed E-state index contributed by atoms with van der Waals surface area (Å²) in [5.41, 5.74) is 3.89. The number of hydrogen-bond donors (Lipinski definition) is 1. The first-order valence-corrected chi connectivity index (χ1v) is 11.9. The molecule has 0 amide bonds. The predicted octanol–water partition coefficient (Wildman–Crippen LogP) is 4.18. The average Bonchev–Trinajstić information content (AvgIpc) is 3.45. The lowest BCUT2D eigenvalue weighted by Crippen LogP contribution is -2.25. The molecule has 4 aromatic rings. The van der Waals surface area contributed by atoms with Crippen LogP contribution >= 0.6 is 11.6 Å². The number of benzene rings is 3. The van der Waals surface area contributed by atoms with Crippen LogP contribution in [0.5, 0.6) is 0 Å². The van der Waals surface area contributed by atoms with E-state index in [9.17, 15) is 9.59 Å². The van der Waals surface area contributed by atoms with Crippen molar-refractivity contribution >= 4 is 29.2 Å². The number of halogens is 1. The van der Waals surface area contributed by atoms with Crippen LogP contribution in [0.15, 0.2) is 88.8 Å². The van der Waals surface area contributed by atoms with E-state index in [4.69, 9.17) is 21.8 Å². The van der Waals surface area contributed by atoms with Crippen LogP contribution in [0, 0.1) is 0 Å². The minimum Gasteiger partial charge on any atom is -0.478 e. The topological polar surface area (TPSA) is 92.7 Å². The molecule has 182 valence electrons. The number of hydrazone groups is 1. The summed E-state index contributed by atoms with van der Waals surface area (Å²) in [6, 6.07) is 24.4. The zero-order valence-electron chi connectivity index (χ0n) is 19.6. The summed E-state index contributed by atoms with van der Waals surface area (Å²) in [5, 5.41) is 21.0. The quantitative estimate of drug-likeness (QED) is 0.410. The Bertz CT molecular complexity index is 1470. The third-order valence-electron chi connectivity index (χ3n) is 6.32. The number of anilines is 1. The molecule has 0 aliphatic carbocycles. The fraction of sp³-hybridized carbons (Fsp3) is 0.185. The summed E-state index contributed by atoms with van der Waals surface area (Å²) >= 11 is 6.11. The van der Waals surface area contributed by atoms with Crippen molar-refractivity contribution in [1.82, 2.24) is 14.3 Å². The first-order valence-electron chi connectivity index (χ1n) is 11.5. The Morgan fingerprint density at radius 1 is 1.03 bits per heavy atom. The zero-order chi connectivity index (χ0) is 25.2. The minimum atomic E-state index is -0.968. The maximum absolute atomic E-state index is 12.9. The van der Waals surface area contributed by atoms with E-state index < -0.39 is 5.97 Å². The van der Waals surface area contributed by atoms with Crippen molar-refractivity contribution in [2.75, 3.05) is 11.6 Å². The Hall–Kier alpha value is -4.17. The van der Waals surface area contributed by atoms with Gasteiger partial charge < -0.3 is 5.11 Å². The van der Waals surface area contributed by atoms with Gasteiger partial charge in [0.1, 0.15) is 0 Å². The van der Waals surface area contributed by atoms with Crippen molar-refractivity contribution in [2.45, 2.75) is 18.9 Å². The highest BCUT2D eigenvalue weighted by Gasteiger charge is 2.32. The highest BCUT2D eigenvalue weighted by Crippen LogP contribution is 2.31. The van der Waals surface area contributed by atoms with Crippen LogP contribution in [0.1, 0.15) is 33.0 Å². The third-order valence-corrected chi connectivity index (χ3v) is 6.57. The molecular weight excluding hydrogens is 478 g/mol. The Kier molecular flexibility index (Phi) is 6.43. The van der Waals surface area contributed by atoms with Crippen molar-refractivity contribution in [3.8, 4) is 0 Å². The molecule has 0 saturated carbocycles. The van der Waals surface area contributed by atoms with Gasteiger partial charge in [0.05, 0.1) is 24.4 Å². The molecule has 1 aromatic heterocycles. The van der Waals surface area contributed by atoms with Crippen LogP contribution < -0.4 is 10.7 Å². The normalized spacial score (nSPS) is 15.2. The molecule has 8 nitrogen and oxygen atoms in total. The van der Waals surface area contributed by atoms with Crippen LogP contribution in [-0.2, 0) is 20.0 Å². The van der Waals surface area contributed by atoms with E-state index in [1.807, 2.05) is 42.5 Å². The number of aromatic carboxylic acids is 1. The monoisotopic (exact) mass is 501 g/mol. The fourth-order valence-electron chi connectivity index (χ4n) is 4.35. The molecule has 0 spiro atoms. The van der Waals surface area contributed by atoms with Gasteiger partial charge in [0.2, 0.25) is 5.95 Å². The number of aryl methyl sites for hydroxylation is 2. The maximum Gasteiger partial charge on any atom is 0.347 e. The highest BCUT2D eigenvalue weighted by molar-refractivity contribution is 6.30. The van der Waals surface area contributed by atoms with Crippen LogP contribution in [0.2, 0.25) is 5.02 Å². The van der Waals surface area contributed by atoms with Crippen LogP contribution in [0.25, 0.3) is 0 Å². The molecule has 2 heterocycles. The molecule has 3 aromatic carbocycles. The predicted molar refractivity (Wildman–Crippen MR) is 139 cm³/mol. The molecule has 1 atom stereocenters. The SMILES string of the molecule is Cn1c(N2CC(c3ccccc3)C(c3ccc(Cl)cc3)=N2)nn(CCc2ccc(C(=O)O)cc2)c1=O. The molecule has 1 N–H and O–H groups in total. The third kappa shape index (κ3) is 4.67. The first-order chi connectivity index (χ1) is 17.4. The second-order valence-electron chi connectivity index (χ2n) is 8.65. The van der Waals surface area contributed by atoms with Crippen molar-refractivity contribution < 1.29 is 9.90 Å². The second-order valence-corrected chi connectivity index (χ2v) is 9.09. The molecule has 0 saturated heterocycles. The molecule has 9 heteroatoms. The molecule has 36 heavy (non-hydrogen) atoms. The van der Waals surface area contributed by atoms with Crippen LogP contribution in [0.4, 0.5) is 5.95 Å². The molecule has 0 fully saturated rings. The maximum atomic E-state index is 12.9. The Balaban J connectivity index is 1.42. The van der Waals surface area contributed by atoms with Gasteiger partial charge in [-0.15, -0.1) is 5.10 Å². The summed E-state index contributed by atoms with van der Waals surface area (Å²) in [6.45, 7) is 0.908. The summed E-state index contributed by atoms with van der Waals surface area (Å²) in [5.74, 6) is -0.503. The van der Waals surface area contributed by atoms with Gasteiger partial charge in [-0.3, -0.25) is 4.57 Å². The first kappa shape index (κ1) is 23.6. The number of aromatic nitrogens is 3. The van der Waals surface area contributed by atoms with Gasteiger partial charge in [-0.1, -0.05) is 66.2 Å². The van der Waals surface area contributed by atoms with Crippen molar-refractivity contribution in [2.24, 2.45) is 12.1 Å². The lowest BCUT2D eigenvalue weighted by atomic mass is 9.91. The number of hydrogen-bond acceptors (Lipinski definition) is 5. The fourth-order valence-corrected chi connectivity index (χ4v) is 4.48. The minimum absolute atomic E-state index is 0.000349. The summed E-state index contributed by atoms with van der Waals surface area (Å²) in [4.78, 5) is 24.0. The summed E-state index contributed by atoms with van der Waals surface area (Å²) < 4.78 is 2.93. The molecule has 0 radical (unpaired) electrons. The number of carboxylic acid groups (broad SMARTS) is 1. The largest absolute Gasteiger partial charge is 0.478 e. The van der Waals surface area contributed by atoms with E-state index >= 15 is 0 Å². The standard InChI is InChI=1S/C27H24ClN5O3/c1-31-26(30-32(27(31)36)16-15-18-7-9-21(10-8-18)25(34)35)33-17-23(19-5-3-2-4-6-19)24(29-33)20-11-13-22(28)14-12-20/h2-14,23H,15-17H2,1H3,(H,34,35). The van der Waals surface area contributed by atoms with Gasteiger partial charge in [-0.25, -0.2) is 19.3 Å². The molecule has 0 bridgehead atoms. The van der Waals surface area contributed by atoms with E-state index in [0.717, 1.165) is 22.4 Å².